The summed E-state index contributed by atoms with van der Waals surface area (Å²) in [7, 11) is 0. The fourth-order valence-electron chi connectivity index (χ4n) is 5.13. The van der Waals surface area contributed by atoms with Crippen molar-refractivity contribution < 1.29 is 14.0 Å². The topological polar surface area (TPSA) is 58.2 Å². The molecule has 33 heavy (non-hydrogen) atoms. The highest BCUT2D eigenvalue weighted by Gasteiger charge is 2.61. The second-order valence-electron chi connectivity index (χ2n) is 8.21. The van der Waals surface area contributed by atoms with E-state index in [1.54, 1.807) is 42.5 Å². The first-order valence-electron chi connectivity index (χ1n) is 10.3. The molecule has 0 saturated carbocycles. The van der Waals surface area contributed by atoms with Gasteiger partial charge in [-0.25, -0.2) is 4.39 Å². The van der Waals surface area contributed by atoms with Gasteiger partial charge in [0.25, 0.3) is 0 Å². The summed E-state index contributed by atoms with van der Waals surface area (Å²) in [4.78, 5) is 26.8. The van der Waals surface area contributed by atoms with E-state index in [1.165, 1.54) is 12.1 Å². The van der Waals surface area contributed by atoms with E-state index in [9.17, 15) is 14.0 Å². The lowest BCUT2D eigenvalue weighted by atomic mass is 9.59. The molecule has 3 atom stereocenters. The first-order valence-corrected chi connectivity index (χ1v) is 11.0. The summed E-state index contributed by atoms with van der Waals surface area (Å²) < 4.78 is 14.2. The van der Waals surface area contributed by atoms with Crippen LogP contribution in [-0.2, 0) is 15.0 Å². The minimum Gasteiger partial charge on any atom is -0.348 e. The molecule has 0 radical (unpaired) electrons. The molecule has 1 fully saturated rings. The van der Waals surface area contributed by atoms with Gasteiger partial charge in [0.05, 0.1) is 11.6 Å². The molecule has 7 heteroatoms. The Morgan fingerprint density at radius 2 is 1.79 bits per heavy atom. The molecule has 2 aliphatic heterocycles. The number of hydrogen-bond donors (Lipinski definition) is 2. The average molecular weight is 479 g/mol. The maximum absolute atomic E-state index is 14.2. The van der Waals surface area contributed by atoms with Crippen LogP contribution in [0.3, 0.4) is 0 Å². The molecular weight excluding hydrogens is 462 g/mol. The van der Waals surface area contributed by atoms with Crippen LogP contribution in [-0.4, -0.2) is 11.8 Å². The number of rotatable bonds is 2. The number of amides is 2. The van der Waals surface area contributed by atoms with E-state index in [0.29, 0.717) is 26.9 Å². The van der Waals surface area contributed by atoms with Gasteiger partial charge in [-0.15, -0.1) is 6.42 Å². The van der Waals surface area contributed by atoms with Crippen molar-refractivity contribution in [3.05, 3.63) is 98.8 Å². The number of terminal acetylenes is 1. The zero-order valence-corrected chi connectivity index (χ0v) is 18.7. The zero-order chi connectivity index (χ0) is 23.3. The molecule has 0 unspecified atom stereocenters. The molecule has 2 N–H and O–H groups in total. The second kappa shape index (κ2) is 7.91. The molecular formula is C26H17Cl2FN2O2. The smallest absolute Gasteiger partial charge is 0.238 e. The van der Waals surface area contributed by atoms with Crippen LogP contribution >= 0.6 is 23.2 Å². The lowest BCUT2D eigenvalue weighted by Gasteiger charge is -2.46. The molecule has 3 aromatic rings. The van der Waals surface area contributed by atoms with E-state index in [2.05, 4.69) is 16.6 Å². The van der Waals surface area contributed by atoms with Gasteiger partial charge in [0, 0.05) is 28.1 Å². The highest BCUT2D eigenvalue weighted by Crippen LogP contribution is 2.57. The van der Waals surface area contributed by atoms with Crippen molar-refractivity contribution in [2.45, 2.75) is 23.8 Å². The van der Waals surface area contributed by atoms with Gasteiger partial charge in [0.1, 0.15) is 11.2 Å². The number of halogens is 3. The number of hydrogen-bond acceptors (Lipinski definition) is 2. The Labute approximate surface area is 200 Å². The highest BCUT2D eigenvalue weighted by molar-refractivity contribution is 6.31. The van der Waals surface area contributed by atoms with Crippen molar-refractivity contribution in [1.82, 2.24) is 5.32 Å². The number of carbonyl (C=O) groups excluding carboxylic acids is 2. The van der Waals surface area contributed by atoms with Gasteiger partial charge < -0.3 is 10.6 Å². The molecule has 0 aromatic heterocycles. The Bertz CT molecular complexity index is 1370. The van der Waals surface area contributed by atoms with E-state index in [4.69, 9.17) is 29.6 Å². The SMILES string of the molecule is C#Cc1cc([C@@H]2NC(=O)C[C@@H](c3cccc(Cl)c3)[C@]23C(=O)Nc2cc(Cl)ccc23)ccc1F. The standard InChI is InChI=1S/C26H17Cl2FN2O2/c1-2-14-10-16(6-9-21(14)29)24-26(19-8-7-18(28)12-22(19)30-25(26)33)20(13-23(32)31-24)15-4-3-5-17(27)11-15/h1,3-12,20,24H,13H2,(H,30,33)(H,31,32)/t20-,24-,26-/m0/s1. The number of piperidine rings is 1. The van der Waals surface area contributed by atoms with Crippen molar-refractivity contribution >= 4 is 40.7 Å². The van der Waals surface area contributed by atoms with Crippen LogP contribution in [0.25, 0.3) is 0 Å². The van der Waals surface area contributed by atoms with Crippen LogP contribution in [0, 0.1) is 18.2 Å². The Hall–Kier alpha value is -3.33. The second-order valence-corrected chi connectivity index (χ2v) is 9.08. The van der Waals surface area contributed by atoms with E-state index in [-0.39, 0.29) is 23.8 Å². The Morgan fingerprint density at radius 3 is 2.55 bits per heavy atom. The molecule has 5 rings (SSSR count). The maximum Gasteiger partial charge on any atom is 0.238 e. The summed E-state index contributed by atoms with van der Waals surface area (Å²) >= 11 is 12.5. The molecule has 2 amide bonds. The summed E-state index contributed by atoms with van der Waals surface area (Å²) in [5.74, 6) is 0.707. The highest BCUT2D eigenvalue weighted by atomic mass is 35.5. The average Bonchev–Trinajstić information content (AvgIpc) is 3.06. The monoisotopic (exact) mass is 478 g/mol. The third kappa shape index (κ3) is 3.30. The van der Waals surface area contributed by atoms with Crippen molar-refractivity contribution in [2.24, 2.45) is 0 Å². The van der Waals surface area contributed by atoms with Crippen molar-refractivity contribution in [2.75, 3.05) is 5.32 Å². The minimum absolute atomic E-state index is 0.0523. The van der Waals surface area contributed by atoms with Gasteiger partial charge in [-0.3, -0.25) is 9.59 Å². The van der Waals surface area contributed by atoms with Crippen LogP contribution in [0.4, 0.5) is 10.1 Å². The van der Waals surface area contributed by atoms with Gasteiger partial charge in [0.2, 0.25) is 11.8 Å². The summed E-state index contributed by atoms with van der Waals surface area (Å²) in [6.07, 6.45) is 5.56. The first kappa shape index (κ1) is 21.5. The lowest BCUT2D eigenvalue weighted by molar-refractivity contribution is -0.131. The summed E-state index contributed by atoms with van der Waals surface area (Å²) in [6.45, 7) is 0. The quantitative estimate of drug-likeness (QED) is 0.487. The predicted molar refractivity (Wildman–Crippen MR) is 126 cm³/mol. The van der Waals surface area contributed by atoms with Crippen molar-refractivity contribution in [3.63, 3.8) is 0 Å². The number of fused-ring (bicyclic) bond motifs is 2. The molecule has 1 saturated heterocycles. The molecule has 3 aromatic carbocycles. The van der Waals surface area contributed by atoms with Crippen LogP contribution < -0.4 is 10.6 Å². The summed E-state index contributed by atoms with van der Waals surface area (Å²) in [6, 6.07) is 15.8. The normalized spacial score (nSPS) is 23.6. The molecule has 4 nitrogen and oxygen atoms in total. The number of benzene rings is 3. The van der Waals surface area contributed by atoms with Crippen molar-refractivity contribution in [3.8, 4) is 12.3 Å². The third-order valence-electron chi connectivity index (χ3n) is 6.48. The summed E-state index contributed by atoms with van der Waals surface area (Å²) in [5, 5.41) is 6.89. The maximum atomic E-state index is 14.2. The lowest BCUT2D eigenvalue weighted by Crippen LogP contribution is -2.56. The minimum atomic E-state index is -1.23. The van der Waals surface area contributed by atoms with Gasteiger partial charge in [-0.1, -0.05) is 53.4 Å². The largest absolute Gasteiger partial charge is 0.348 e. The Morgan fingerprint density at radius 1 is 1.00 bits per heavy atom. The number of nitrogens with one attached hydrogen (secondary N) is 2. The third-order valence-corrected chi connectivity index (χ3v) is 6.95. The van der Waals surface area contributed by atoms with E-state index in [0.717, 1.165) is 5.56 Å². The van der Waals surface area contributed by atoms with E-state index in [1.807, 2.05) is 6.07 Å². The van der Waals surface area contributed by atoms with Gasteiger partial charge in [-0.05, 0) is 53.1 Å². The molecule has 1 spiro atoms. The Kier molecular flexibility index (Phi) is 5.16. The van der Waals surface area contributed by atoms with Crippen molar-refractivity contribution in [1.29, 1.82) is 0 Å². The fourth-order valence-corrected chi connectivity index (χ4v) is 5.50. The molecule has 164 valence electrons. The molecule has 0 bridgehead atoms. The molecule has 2 aliphatic rings. The number of carbonyl (C=O) groups is 2. The van der Waals surface area contributed by atoms with Gasteiger partial charge in [-0.2, -0.15) is 0 Å². The van der Waals surface area contributed by atoms with Crippen LogP contribution in [0.1, 0.15) is 40.6 Å². The number of anilines is 1. The van der Waals surface area contributed by atoms with E-state index < -0.39 is 23.2 Å². The van der Waals surface area contributed by atoms with Gasteiger partial charge in [0.15, 0.2) is 0 Å². The first-order chi connectivity index (χ1) is 15.8. The van der Waals surface area contributed by atoms with Crippen LogP contribution in [0.5, 0.6) is 0 Å². The Balaban J connectivity index is 1.81. The molecule has 0 aliphatic carbocycles. The van der Waals surface area contributed by atoms with Gasteiger partial charge >= 0.3 is 0 Å². The van der Waals surface area contributed by atoms with Crippen LogP contribution in [0.2, 0.25) is 10.0 Å². The van der Waals surface area contributed by atoms with Crippen LogP contribution in [0.15, 0.2) is 60.7 Å². The zero-order valence-electron chi connectivity index (χ0n) is 17.2. The van der Waals surface area contributed by atoms with E-state index >= 15 is 0 Å². The fraction of sp³-hybridized carbons (Fsp3) is 0.154. The molecule has 2 heterocycles. The summed E-state index contributed by atoms with van der Waals surface area (Å²) in [5.41, 5.74) is 1.36. The predicted octanol–water partition coefficient (Wildman–Crippen LogP) is 5.35.